The third-order valence-electron chi connectivity index (χ3n) is 4.13. The number of carbonyl (C=O) groups is 3. The van der Waals surface area contributed by atoms with E-state index in [0.29, 0.717) is 10.2 Å². The van der Waals surface area contributed by atoms with E-state index in [1.165, 1.54) is 13.1 Å². The van der Waals surface area contributed by atoms with E-state index in [9.17, 15) is 24.6 Å². The highest BCUT2D eigenvalue weighted by Crippen LogP contribution is 2.15. The van der Waals surface area contributed by atoms with Gasteiger partial charge in [-0.1, -0.05) is 36.4 Å². The number of ether oxygens (including phenoxy) is 1. The molecule has 0 unspecified atom stereocenters. The lowest BCUT2D eigenvalue weighted by Gasteiger charge is -2.23. The number of hydrogen-bond acceptors (Lipinski definition) is 6. The molecule has 0 saturated heterocycles. The van der Waals surface area contributed by atoms with Gasteiger partial charge < -0.3 is 25.6 Å². The van der Waals surface area contributed by atoms with Crippen LogP contribution in [0.3, 0.4) is 0 Å². The van der Waals surface area contributed by atoms with Gasteiger partial charge in [0.2, 0.25) is 5.91 Å². The normalized spacial score (nSPS) is 13.6. The first-order valence-electron chi connectivity index (χ1n) is 9.05. The number of aromatic nitrogens is 1. The number of pyridine rings is 1. The molecule has 0 aliphatic rings. The van der Waals surface area contributed by atoms with Crippen LogP contribution >= 0.6 is 15.9 Å². The number of aliphatic hydroxyl groups is 1. The standard InChI is InChI=1S/C20H22BrN3O6/c1-12(25)16(24-20(29)30-11-13-6-3-2-4-7-13)18(26)23-15(19(27)28)10-14-8-5-9-22-17(14)21/h2-9,12,15-16,25H,10-11H2,1H3,(H,23,26)(H,24,29)(H,27,28)/t12-,15+,16+/m1/s1. The Labute approximate surface area is 181 Å². The van der Waals surface area contributed by atoms with E-state index in [1.54, 1.807) is 36.4 Å². The summed E-state index contributed by atoms with van der Waals surface area (Å²) in [7, 11) is 0. The van der Waals surface area contributed by atoms with Crippen LogP contribution in [0.4, 0.5) is 4.79 Å². The highest BCUT2D eigenvalue weighted by atomic mass is 79.9. The third kappa shape index (κ3) is 7.12. The van der Waals surface area contributed by atoms with Gasteiger partial charge in [-0.2, -0.15) is 0 Å². The maximum absolute atomic E-state index is 12.6. The van der Waals surface area contributed by atoms with Crippen LogP contribution < -0.4 is 10.6 Å². The number of carbonyl (C=O) groups excluding carboxylic acids is 2. The fourth-order valence-electron chi connectivity index (χ4n) is 2.55. The zero-order chi connectivity index (χ0) is 22.1. The highest BCUT2D eigenvalue weighted by Gasteiger charge is 2.30. The summed E-state index contributed by atoms with van der Waals surface area (Å²) < 4.78 is 5.51. The minimum absolute atomic E-state index is 0.0202. The second-order valence-electron chi connectivity index (χ2n) is 6.48. The van der Waals surface area contributed by atoms with Crippen molar-refractivity contribution in [1.82, 2.24) is 15.6 Å². The van der Waals surface area contributed by atoms with Crippen molar-refractivity contribution >= 4 is 33.9 Å². The smallest absolute Gasteiger partial charge is 0.408 e. The van der Waals surface area contributed by atoms with Gasteiger partial charge in [-0.15, -0.1) is 0 Å². The van der Waals surface area contributed by atoms with Crippen molar-refractivity contribution in [3.8, 4) is 0 Å². The van der Waals surface area contributed by atoms with Gasteiger partial charge >= 0.3 is 12.1 Å². The number of halogens is 1. The minimum Gasteiger partial charge on any atom is -0.480 e. The predicted molar refractivity (Wildman–Crippen MR) is 110 cm³/mol. The molecule has 30 heavy (non-hydrogen) atoms. The maximum Gasteiger partial charge on any atom is 0.408 e. The average Bonchev–Trinajstić information content (AvgIpc) is 2.71. The van der Waals surface area contributed by atoms with E-state index in [-0.39, 0.29) is 13.0 Å². The van der Waals surface area contributed by atoms with Crippen molar-refractivity contribution in [1.29, 1.82) is 0 Å². The number of aliphatic carboxylic acids is 1. The molecular formula is C20H22BrN3O6. The number of rotatable bonds is 9. The van der Waals surface area contributed by atoms with E-state index < -0.39 is 36.2 Å². The summed E-state index contributed by atoms with van der Waals surface area (Å²) in [6.45, 7) is 1.28. The van der Waals surface area contributed by atoms with E-state index in [4.69, 9.17) is 4.74 Å². The Hall–Kier alpha value is -2.98. The van der Waals surface area contributed by atoms with Crippen molar-refractivity contribution < 1.29 is 29.3 Å². The van der Waals surface area contributed by atoms with E-state index in [1.807, 2.05) is 6.07 Å². The van der Waals surface area contributed by atoms with Crippen LogP contribution in [-0.4, -0.2) is 51.4 Å². The van der Waals surface area contributed by atoms with E-state index in [2.05, 4.69) is 31.5 Å². The average molecular weight is 480 g/mol. The predicted octanol–water partition coefficient (Wildman–Crippen LogP) is 1.63. The van der Waals surface area contributed by atoms with Crippen molar-refractivity contribution in [3.05, 3.63) is 64.4 Å². The summed E-state index contributed by atoms with van der Waals surface area (Å²) in [6.07, 6.45) is -0.702. The van der Waals surface area contributed by atoms with Crippen molar-refractivity contribution in [2.24, 2.45) is 0 Å². The summed E-state index contributed by atoms with van der Waals surface area (Å²) >= 11 is 3.23. The summed E-state index contributed by atoms with van der Waals surface area (Å²) in [4.78, 5) is 40.2. The first kappa shape index (κ1) is 23.3. The SMILES string of the molecule is C[C@@H](O)[C@H](NC(=O)OCc1ccccc1)C(=O)N[C@@H](Cc1cccnc1Br)C(=O)O. The molecule has 0 radical (unpaired) electrons. The maximum atomic E-state index is 12.6. The molecule has 3 atom stereocenters. The quantitative estimate of drug-likeness (QED) is 0.401. The second kappa shape index (κ2) is 11.3. The topological polar surface area (TPSA) is 138 Å². The summed E-state index contributed by atoms with van der Waals surface area (Å²) in [5.41, 5.74) is 1.33. The summed E-state index contributed by atoms with van der Waals surface area (Å²) in [5.74, 6) is -2.12. The molecule has 0 aliphatic carbocycles. The summed E-state index contributed by atoms with van der Waals surface area (Å²) in [5, 5.41) is 24.0. The molecule has 1 heterocycles. The van der Waals surface area contributed by atoms with Gasteiger partial charge in [-0.25, -0.2) is 14.6 Å². The molecular weight excluding hydrogens is 458 g/mol. The molecule has 0 aliphatic heterocycles. The molecule has 1 aromatic carbocycles. The molecule has 4 N–H and O–H groups in total. The van der Waals surface area contributed by atoms with Crippen LogP contribution in [0.5, 0.6) is 0 Å². The first-order chi connectivity index (χ1) is 14.3. The largest absolute Gasteiger partial charge is 0.480 e. The number of aliphatic hydroxyl groups excluding tert-OH is 1. The molecule has 2 rings (SSSR count). The lowest BCUT2D eigenvalue weighted by molar-refractivity contribution is -0.142. The number of carboxylic acid groups (broad SMARTS) is 1. The van der Waals surface area contributed by atoms with Crippen LogP contribution in [-0.2, 0) is 27.4 Å². The van der Waals surface area contributed by atoms with Gasteiger partial charge in [-0.05, 0) is 40.0 Å². The Morgan fingerprint density at radius 3 is 2.43 bits per heavy atom. The fourth-order valence-corrected chi connectivity index (χ4v) is 2.96. The van der Waals surface area contributed by atoms with Crippen molar-refractivity contribution in [2.75, 3.05) is 0 Å². The molecule has 0 saturated carbocycles. The second-order valence-corrected chi connectivity index (χ2v) is 7.23. The van der Waals surface area contributed by atoms with Gasteiger partial charge in [0.15, 0.2) is 0 Å². The molecule has 1 aromatic heterocycles. The van der Waals surface area contributed by atoms with Gasteiger partial charge in [-0.3, -0.25) is 4.79 Å². The highest BCUT2D eigenvalue weighted by molar-refractivity contribution is 9.10. The third-order valence-corrected chi connectivity index (χ3v) is 4.84. The van der Waals surface area contributed by atoms with Gasteiger partial charge in [0.05, 0.1) is 6.10 Å². The Kier molecular flexibility index (Phi) is 8.75. The Morgan fingerprint density at radius 1 is 1.13 bits per heavy atom. The van der Waals surface area contributed by atoms with Crippen LogP contribution in [0.15, 0.2) is 53.3 Å². The van der Waals surface area contributed by atoms with E-state index in [0.717, 1.165) is 5.56 Å². The number of benzene rings is 1. The monoisotopic (exact) mass is 479 g/mol. The molecule has 160 valence electrons. The lowest BCUT2D eigenvalue weighted by atomic mass is 10.1. The van der Waals surface area contributed by atoms with Gasteiger partial charge in [0.1, 0.15) is 23.3 Å². The molecule has 2 amide bonds. The molecule has 0 fully saturated rings. The minimum atomic E-state index is -1.40. The van der Waals surface area contributed by atoms with Gasteiger partial charge in [0.25, 0.3) is 0 Å². The summed E-state index contributed by atoms with van der Waals surface area (Å²) in [6, 6.07) is 9.55. The molecule has 9 nitrogen and oxygen atoms in total. The van der Waals surface area contributed by atoms with Crippen LogP contribution in [0.2, 0.25) is 0 Å². The van der Waals surface area contributed by atoms with Crippen LogP contribution in [0, 0.1) is 0 Å². The van der Waals surface area contributed by atoms with Crippen molar-refractivity contribution in [3.63, 3.8) is 0 Å². The number of amides is 2. The van der Waals surface area contributed by atoms with Gasteiger partial charge in [0, 0.05) is 12.6 Å². The lowest BCUT2D eigenvalue weighted by Crippen LogP contribution is -2.56. The Bertz CT molecular complexity index is 878. The zero-order valence-corrected chi connectivity index (χ0v) is 17.7. The first-order valence-corrected chi connectivity index (χ1v) is 9.85. The van der Waals surface area contributed by atoms with Crippen LogP contribution in [0.1, 0.15) is 18.1 Å². The van der Waals surface area contributed by atoms with E-state index >= 15 is 0 Å². The molecule has 0 bridgehead atoms. The van der Waals surface area contributed by atoms with Crippen LogP contribution in [0.25, 0.3) is 0 Å². The Balaban J connectivity index is 1.99. The zero-order valence-electron chi connectivity index (χ0n) is 16.1. The molecule has 0 spiro atoms. The number of hydrogen-bond donors (Lipinski definition) is 4. The molecule has 2 aromatic rings. The van der Waals surface area contributed by atoms with Crippen molar-refractivity contribution in [2.45, 2.75) is 38.1 Å². The fraction of sp³-hybridized carbons (Fsp3) is 0.300. The number of nitrogens with one attached hydrogen (secondary N) is 2. The number of nitrogens with zero attached hydrogens (tertiary/aromatic N) is 1. The number of alkyl carbamates (subject to hydrolysis) is 1. The molecule has 10 heteroatoms. The number of carboxylic acids is 1. The Morgan fingerprint density at radius 2 is 1.83 bits per heavy atom.